The number of hydrogen-bond donors (Lipinski definition) is 3. The second-order valence-electron chi connectivity index (χ2n) is 5.38. The van der Waals surface area contributed by atoms with Crippen LogP contribution >= 0.6 is 0 Å². The standard InChI is InChI=1S/C15H21FN2O3/c1-9(2)8-13(14(19)20)18-15(21)17-10(3)11-6-4-5-7-12(11)16/h4-7,9-10,13H,8H2,1-3H3,(H,19,20)(H2,17,18,21)/t10?,13-/m1/s1. The van der Waals surface area contributed by atoms with E-state index in [0.717, 1.165) is 0 Å². The first kappa shape index (κ1) is 16.9. The normalized spacial score (nSPS) is 13.6. The topological polar surface area (TPSA) is 78.4 Å². The lowest BCUT2D eigenvalue weighted by atomic mass is 10.0. The number of carbonyl (C=O) groups is 2. The molecule has 0 saturated heterocycles. The van der Waals surface area contributed by atoms with Gasteiger partial charge in [-0.1, -0.05) is 32.0 Å². The number of urea groups is 1. The highest BCUT2D eigenvalue weighted by molar-refractivity contribution is 5.82. The molecule has 0 aliphatic carbocycles. The van der Waals surface area contributed by atoms with E-state index in [1.807, 2.05) is 13.8 Å². The maximum absolute atomic E-state index is 13.6. The van der Waals surface area contributed by atoms with Gasteiger partial charge < -0.3 is 15.7 Å². The average Bonchev–Trinajstić information content (AvgIpc) is 2.37. The van der Waals surface area contributed by atoms with Crippen LogP contribution in [-0.2, 0) is 4.79 Å². The minimum atomic E-state index is -1.09. The predicted molar refractivity (Wildman–Crippen MR) is 77.4 cm³/mol. The molecule has 6 heteroatoms. The Morgan fingerprint density at radius 3 is 2.33 bits per heavy atom. The van der Waals surface area contributed by atoms with Gasteiger partial charge >= 0.3 is 12.0 Å². The molecule has 1 rings (SSSR count). The van der Waals surface area contributed by atoms with Gasteiger partial charge in [-0.3, -0.25) is 0 Å². The number of nitrogens with one attached hydrogen (secondary N) is 2. The van der Waals surface area contributed by atoms with Gasteiger partial charge in [-0.25, -0.2) is 14.0 Å². The summed E-state index contributed by atoms with van der Waals surface area (Å²) in [6.07, 6.45) is 0.330. The molecule has 0 aliphatic heterocycles. The first-order valence-electron chi connectivity index (χ1n) is 6.85. The quantitative estimate of drug-likeness (QED) is 0.755. The van der Waals surface area contributed by atoms with E-state index >= 15 is 0 Å². The molecule has 5 nitrogen and oxygen atoms in total. The lowest BCUT2D eigenvalue weighted by molar-refractivity contribution is -0.139. The summed E-state index contributed by atoms with van der Waals surface area (Å²) in [5.74, 6) is -1.37. The van der Waals surface area contributed by atoms with E-state index in [9.17, 15) is 14.0 Å². The Bertz CT molecular complexity index is 505. The molecule has 21 heavy (non-hydrogen) atoms. The zero-order valence-electron chi connectivity index (χ0n) is 12.4. The van der Waals surface area contributed by atoms with Crippen LogP contribution in [0.1, 0.15) is 38.8 Å². The van der Waals surface area contributed by atoms with Crippen molar-refractivity contribution in [3.05, 3.63) is 35.6 Å². The van der Waals surface area contributed by atoms with Crippen LogP contribution in [0.3, 0.4) is 0 Å². The molecule has 2 amide bonds. The van der Waals surface area contributed by atoms with Gasteiger partial charge in [-0.15, -0.1) is 0 Å². The lowest BCUT2D eigenvalue weighted by Crippen LogP contribution is -2.47. The third kappa shape index (κ3) is 5.41. The fourth-order valence-electron chi connectivity index (χ4n) is 1.99. The Morgan fingerprint density at radius 1 is 1.19 bits per heavy atom. The Morgan fingerprint density at radius 2 is 1.81 bits per heavy atom. The van der Waals surface area contributed by atoms with Crippen LogP contribution in [0, 0.1) is 11.7 Å². The predicted octanol–water partition coefficient (Wildman–Crippen LogP) is 2.69. The van der Waals surface area contributed by atoms with E-state index < -0.39 is 29.9 Å². The molecule has 0 saturated carbocycles. The number of benzene rings is 1. The summed E-state index contributed by atoms with van der Waals surface area (Å²) in [6, 6.07) is 3.98. The highest BCUT2D eigenvalue weighted by Gasteiger charge is 2.22. The van der Waals surface area contributed by atoms with Gasteiger partial charge in [0.15, 0.2) is 0 Å². The molecule has 116 valence electrons. The molecule has 0 aliphatic rings. The maximum Gasteiger partial charge on any atom is 0.326 e. The number of carboxylic acids is 1. The molecule has 0 radical (unpaired) electrons. The zero-order valence-corrected chi connectivity index (χ0v) is 12.4. The molecule has 0 bridgehead atoms. The van der Waals surface area contributed by atoms with Crippen molar-refractivity contribution >= 4 is 12.0 Å². The summed E-state index contributed by atoms with van der Waals surface area (Å²) in [4.78, 5) is 22.9. The fraction of sp³-hybridized carbons (Fsp3) is 0.467. The minimum Gasteiger partial charge on any atom is -0.480 e. The molecule has 2 atom stereocenters. The Balaban J connectivity index is 2.64. The third-order valence-corrected chi connectivity index (χ3v) is 3.03. The number of rotatable bonds is 6. The van der Waals surface area contributed by atoms with Crippen LogP contribution in [0.4, 0.5) is 9.18 Å². The van der Waals surface area contributed by atoms with Crippen molar-refractivity contribution < 1.29 is 19.1 Å². The number of carboxylic acid groups (broad SMARTS) is 1. The molecular formula is C15H21FN2O3. The molecule has 0 spiro atoms. The fourth-order valence-corrected chi connectivity index (χ4v) is 1.99. The van der Waals surface area contributed by atoms with Crippen LogP contribution in [0.25, 0.3) is 0 Å². The number of amides is 2. The highest BCUT2D eigenvalue weighted by Crippen LogP contribution is 2.15. The minimum absolute atomic E-state index is 0.135. The van der Waals surface area contributed by atoms with E-state index in [-0.39, 0.29) is 5.92 Å². The summed E-state index contributed by atoms with van der Waals surface area (Å²) in [7, 11) is 0. The summed E-state index contributed by atoms with van der Waals surface area (Å²) in [6.45, 7) is 5.38. The van der Waals surface area contributed by atoms with E-state index in [4.69, 9.17) is 5.11 Å². The number of carbonyl (C=O) groups excluding carboxylic acids is 1. The highest BCUT2D eigenvalue weighted by atomic mass is 19.1. The number of halogens is 1. The van der Waals surface area contributed by atoms with Crippen molar-refractivity contribution in [2.75, 3.05) is 0 Å². The van der Waals surface area contributed by atoms with Gasteiger partial charge in [0.2, 0.25) is 0 Å². The van der Waals surface area contributed by atoms with Crippen molar-refractivity contribution in [2.24, 2.45) is 5.92 Å². The van der Waals surface area contributed by atoms with Crippen LogP contribution < -0.4 is 10.6 Å². The van der Waals surface area contributed by atoms with E-state index in [2.05, 4.69) is 10.6 Å². The molecule has 1 unspecified atom stereocenters. The number of hydrogen-bond acceptors (Lipinski definition) is 2. The largest absolute Gasteiger partial charge is 0.480 e. The van der Waals surface area contributed by atoms with E-state index in [0.29, 0.717) is 12.0 Å². The SMILES string of the molecule is CC(C)C[C@@H](NC(=O)NC(C)c1ccccc1F)C(=O)O. The van der Waals surface area contributed by atoms with Crippen LogP contribution in [0.2, 0.25) is 0 Å². The van der Waals surface area contributed by atoms with Gasteiger partial charge in [-0.05, 0) is 25.3 Å². The second-order valence-corrected chi connectivity index (χ2v) is 5.38. The van der Waals surface area contributed by atoms with E-state index in [1.54, 1.807) is 25.1 Å². The van der Waals surface area contributed by atoms with Crippen LogP contribution in [-0.4, -0.2) is 23.1 Å². The average molecular weight is 296 g/mol. The monoisotopic (exact) mass is 296 g/mol. The van der Waals surface area contributed by atoms with Crippen molar-refractivity contribution in [3.8, 4) is 0 Å². The Kier molecular flexibility index (Phi) is 6.14. The lowest BCUT2D eigenvalue weighted by Gasteiger charge is -2.20. The summed E-state index contributed by atoms with van der Waals surface area (Å²) >= 11 is 0. The van der Waals surface area contributed by atoms with Crippen LogP contribution in [0.5, 0.6) is 0 Å². The molecule has 1 aromatic rings. The van der Waals surface area contributed by atoms with Gasteiger partial charge in [0.1, 0.15) is 11.9 Å². The van der Waals surface area contributed by atoms with Crippen molar-refractivity contribution in [3.63, 3.8) is 0 Å². The van der Waals surface area contributed by atoms with Gasteiger partial charge in [-0.2, -0.15) is 0 Å². The maximum atomic E-state index is 13.6. The number of aliphatic carboxylic acids is 1. The van der Waals surface area contributed by atoms with Crippen molar-refractivity contribution in [1.82, 2.24) is 10.6 Å². The smallest absolute Gasteiger partial charge is 0.326 e. The van der Waals surface area contributed by atoms with Gasteiger partial charge in [0.25, 0.3) is 0 Å². The Labute approximate surface area is 123 Å². The first-order chi connectivity index (χ1) is 9.81. The summed E-state index contributed by atoms with van der Waals surface area (Å²) < 4.78 is 13.6. The summed E-state index contributed by atoms with van der Waals surface area (Å²) in [5, 5.41) is 14.0. The molecule has 0 fully saturated rings. The molecule has 3 N–H and O–H groups in total. The van der Waals surface area contributed by atoms with Gasteiger partial charge in [0, 0.05) is 5.56 Å². The molecular weight excluding hydrogens is 275 g/mol. The van der Waals surface area contributed by atoms with Crippen molar-refractivity contribution in [1.29, 1.82) is 0 Å². The third-order valence-electron chi connectivity index (χ3n) is 3.03. The Hall–Kier alpha value is -2.11. The van der Waals surface area contributed by atoms with Crippen LogP contribution in [0.15, 0.2) is 24.3 Å². The van der Waals surface area contributed by atoms with E-state index in [1.165, 1.54) is 6.07 Å². The first-order valence-corrected chi connectivity index (χ1v) is 6.85. The van der Waals surface area contributed by atoms with Gasteiger partial charge in [0.05, 0.1) is 6.04 Å². The second kappa shape index (κ2) is 7.61. The summed E-state index contributed by atoms with van der Waals surface area (Å²) in [5.41, 5.74) is 0.350. The molecule has 0 aromatic heterocycles. The van der Waals surface area contributed by atoms with Crippen molar-refractivity contribution in [2.45, 2.75) is 39.3 Å². The zero-order chi connectivity index (χ0) is 16.0. The molecule has 1 aromatic carbocycles. The molecule has 0 heterocycles.